The Balaban J connectivity index is 2.50. The molecule has 2 N–H and O–H groups in total. The summed E-state index contributed by atoms with van der Waals surface area (Å²) in [6.07, 6.45) is 24.4. The lowest BCUT2D eigenvalue weighted by Crippen LogP contribution is -2.32. The lowest BCUT2D eigenvalue weighted by atomic mass is 9.78. The Morgan fingerprint density at radius 3 is 2.47 bits per heavy atom. The first-order valence-corrected chi connectivity index (χ1v) is 12.0. The van der Waals surface area contributed by atoms with Gasteiger partial charge in [0.1, 0.15) is 6.10 Å². The van der Waals surface area contributed by atoms with Crippen molar-refractivity contribution in [1.29, 1.82) is 0 Å². The molecule has 0 spiro atoms. The quantitative estimate of drug-likeness (QED) is 0.141. The van der Waals surface area contributed by atoms with E-state index in [4.69, 9.17) is 9.84 Å². The van der Waals surface area contributed by atoms with Crippen LogP contribution in [0.15, 0.2) is 36.5 Å². The Morgan fingerprint density at radius 1 is 1.03 bits per heavy atom. The first kappa shape index (κ1) is 26.6. The normalized spacial score (nSPS) is 21.3. The number of carbonyl (C=O) groups excluding carboxylic acids is 1. The molecule has 0 saturated carbocycles. The first-order chi connectivity index (χ1) is 14.6. The van der Waals surface area contributed by atoms with Gasteiger partial charge in [-0.1, -0.05) is 81.9 Å². The number of hydrogen-bond acceptors (Lipinski definition) is 4. The average molecular weight is 421 g/mol. The molecule has 4 heteroatoms. The molecule has 30 heavy (non-hydrogen) atoms. The van der Waals surface area contributed by atoms with E-state index in [1.54, 1.807) is 0 Å². The zero-order chi connectivity index (χ0) is 22.0. The van der Waals surface area contributed by atoms with Crippen molar-refractivity contribution in [2.24, 2.45) is 11.8 Å². The number of hydrogen-bond donors (Lipinski definition) is 2. The molecule has 4 nitrogen and oxygen atoms in total. The van der Waals surface area contributed by atoms with Crippen molar-refractivity contribution in [3.8, 4) is 0 Å². The molecule has 0 heterocycles. The summed E-state index contributed by atoms with van der Waals surface area (Å²) in [5.74, 6) is 0.336. The summed E-state index contributed by atoms with van der Waals surface area (Å²) in [6, 6.07) is 0. The molecule has 4 atom stereocenters. The van der Waals surface area contributed by atoms with E-state index in [2.05, 4.69) is 25.2 Å². The van der Waals surface area contributed by atoms with Crippen molar-refractivity contribution in [2.45, 2.75) is 103 Å². The van der Waals surface area contributed by atoms with Gasteiger partial charge in [-0.3, -0.25) is 4.79 Å². The number of ether oxygens (including phenoxy) is 1. The molecular formula is C26H44O4. The third kappa shape index (κ3) is 12.3. The standard InChI is InChI=1S/C26H44O4/c1-3-4-5-6-7-8-17-24(29)18-11-9-15-23-16-10-12-19-25(23)26(30-22(2)28)20-13-14-21-27/h9-12,15,18,23-27,29H,3-8,13-14,16-17,19-21H2,1-2H3/b15-9+,18-11+. The third-order valence-corrected chi connectivity index (χ3v) is 5.88. The molecule has 0 bridgehead atoms. The molecule has 0 radical (unpaired) electrons. The Morgan fingerprint density at radius 2 is 1.73 bits per heavy atom. The molecule has 1 aliphatic carbocycles. The van der Waals surface area contributed by atoms with Crippen molar-refractivity contribution in [1.82, 2.24) is 0 Å². The molecule has 0 aromatic carbocycles. The van der Waals surface area contributed by atoms with E-state index in [1.807, 2.05) is 18.2 Å². The Bertz CT molecular complexity index is 523. The lowest BCUT2D eigenvalue weighted by Gasteiger charge is -2.33. The van der Waals surface area contributed by atoms with Gasteiger partial charge in [0.2, 0.25) is 0 Å². The molecule has 1 rings (SSSR count). The summed E-state index contributed by atoms with van der Waals surface area (Å²) in [4.78, 5) is 11.6. The Labute approximate surface area is 184 Å². The molecule has 172 valence electrons. The summed E-state index contributed by atoms with van der Waals surface area (Å²) < 4.78 is 5.64. The van der Waals surface area contributed by atoms with Crippen LogP contribution in [0.1, 0.15) is 90.9 Å². The maximum atomic E-state index is 11.6. The van der Waals surface area contributed by atoms with E-state index in [-0.39, 0.29) is 30.7 Å². The number of aliphatic hydroxyl groups excluding tert-OH is 2. The van der Waals surface area contributed by atoms with E-state index >= 15 is 0 Å². The Hall–Kier alpha value is -1.39. The van der Waals surface area contributed by atoms with Gasteiger partial charge in [0, 0.05) is 19.4 Å². The highest BCUT2D eigenvalue weighted by atomic mass is 16.5. The van der Waals surface area contributed by atoms with Crippen LogP contribution >= 0.6 is 0 Å². The van der Waals surface area contributed by atoms with Crippen LogP contribution in [0.2, 0.25) is 0 Å². The highest BCUT2D eigenvalue weighted by molar-refractivity contribution is 5.66. The van der Waals surface area contributed by atoms with Gasteiger partial charge in [-0.05, 0) is 44.4 Å². The largest absolute Gasteiger partial charge is 0.462 e. The van der Waals surface area contributed by atoms with Gasteiger partial charge in [-0.25, -0.2) is 0 Å². The summed E-state index contributed by atoms with van der Waals surface area (Å²) in [7, 11) is 0. The van der Waals surface area contributed by atoms with Crippen molar-refractivity contribution in [3.05, 3.63) is 36.5 Å². The lowest BCUT2D eigenvalue weighted by molar-refractivity contribution is -0.150. The van der Waals surface area contributed by atoms with Gasteiger partial charge in [0.05, 0.1) is 6.10 Å². The van der Waals surface area contributed by atoms with Crippen LogP contribution in [-0.2, 0) is 9.53 Å². The molecule has 0 aromatic heterocycles. The zero-order valence-electron chi connectivity index (χ0n) is 19.2. The van der Waals surface area contributed by atoms with Crippen LogP contribution in [0.25, 0.3) is 0 Å². The zero-order valence-corrected chi connectivity index (χ0v) is 19.2. The summed E-state index contributed by atoms with van der Waals surface area (Å²) in [5.41, 5.74) is 0. The van der Waals surface area contributed by atoms with Crippen LogP contribution in [-0.4, -0.2) is 35.0 Å². The topological polar surface area (TPSA) is 66.8 Å². The van der Waals surface area contributed by atoms with E-state index in [1.165, 1.54) is 39.0 Å². The molecule has 0 saturated heterocycles. The number of unbranched alkanes of at least 4 members (excludes halogenated alkanes) is 6. The molecule has 1 aliphatic rings. The molecular weight excluding hydrogens is 376 g/mol. The molecule has 0 amide bonds. The smallest absolute Gasteiger partial charge is 0.302 e. The number of allylic oxidation sites excluding steroid dienone is 5. The maximum Gasteiger partial charge on any atom is 0.302 e. The van der Waals surface area contributed by atoms with Crippen LogP contribution in [0.4, 0.5) is 0 Å². The second kappa shape index (κ2) is 17.3. The van der Waals surface area contributed by atoms with Crippen molar-refractivity contribution < 1.29 is 19.7 Å². The second-order valence-corrected chi connectivity index (χ2v) is 8.53. The molecule has 0 aliphatic heterocycles. The number of aliphatic hydroxyl groups is 2. The predicted molar refractivity (Wildman–Crippen MR) is 124 cm³/mol. The number of esters is 1. The minimum absolute atomic E-state index is 0.115. The predicted octanol–water partition coefficient (Wildman–Crippen LogP) is 5.89. The van der Waals surface area contributed by atoms with Crippen LogP contribution in [0.3, 0.4) is 0 Å². The van der Waals surface area contributed by atoms with E-state index in [0.29, 0.717) is 5.92 Å². The van der Waals surface area contributed by atoms with Gasteiger partial charge in [-0.2, -0.15) is 0 Å². The summed E-state index contributed by atoms with van der Waals surface area (Å²) in [5, 5.41) is 19.2. The van der Waals surface area contributed by atoms with Crippen LogP contribution in [0, 0.1) is 11.8 Å². The summed E-state index contributed by atoms with van der Waals surface area (Å²) >= 11 is 0. The van der Waals surface area contributed by atoms with Gasteiger partial charge < -0.3 is 14.9 Å². The monoisotopic (exact) mass is 420 g/mol. The average Bonchev–Trinajstić information content (AvgIpc) is 2.73. The van der Waals surface area contributed by atoms with E-state index < -0.39 is 0 Å². The highest BCUT2D eigenvalue weighted by Gasteiger charge is 2.30. The first-order valence-electron chi connectivity index (χ1n) is 12.0. The fraction of sp³-hybridized carbons (Fsp3) is 0.731. The minimum atomic E-state index is -0.379. The fourth-order valence-electron chi connectivity index (χ4n) is 4.17. The van der Waals surface area contributed by atoms with Gasteiger partial charge in [-0.15, -0.1) is 0 Å². The van der Waals surface area contributed by atoms with Gasteiger partial charge >= 0.3 is 5.97 Å². The van der Waals surface area contributed by atoms with Crippen molar-refractivity contribution in [3.63, 3.8) is 0 Å². The SMILES string of the molecule is CCCCCCCCC(O)/C=C/C=C/C1CC=CCC1C(CCCCO)OC(C)=O. The second-order valence-electron chi connectivity index (χ2n) is 8.53. The van der Waals surface area contributed by atoms with Gasteiger partial charge in [0.15, 0.2) is 0 Å². The van der Waals surface area contributed by atoms with Gasteiger partial charge in [0.25, 0.3) is 0 Å². The highest BCUT2D eigenvalue weighted by Crippen LogP contribution is 2.33. The van der Waals surface area contributed by atoms with E-state index in [9.17, 15) is 9.90 Å². The van der Waals surface area contributed by atoms with E-state index in [0.717, 1.165) is 44.9 Å². The minimum Gasteiger partial charge on any atom is -0.462 e. The number of rotatable bonds is 16. The molecule has 0 fully saturated rings. The van der Waals surface area contributed by atoms with Crippen LogP contribution in [0.5, 0.6) is 0 Å². The fourth-order valence-corrected chi connectivity index (χ4v) is 4.17. The van der Waals surface area contributed by atoms with Crippen molar-refractivity contribution >= 4 is 5.97 Å². The third-order valence-electron chi connectivity index (χ3n) is 5.88. The number of carbonyl (C=O) groups is 1. The van der Waals surface area contributed by atoms with Crippen molar-refractivity contribution in [2.75, 3.05) is 6.61 Å². The summed E-state index contributed by atoms with van der Waals surface area (Å²) in [6.45, 7) is 3.87. The Kier molecular flexibility index (Phi) is 15.4. The maximum absolute atomic E-state index is 11.6. The molecule has 0 aromatic rings. The molecule has 4 unspecified atom stereocenters. The van der Waals surface area contributed by atoms with Crippen LogP contribution < -0.4 is 0 Å².